The number of hydrogen-bond donors (Lipinski definition) is 1. The fourth-order valence-corrected chi connectivity index (χ4v) is 0.772. The Kier molecular flexibility index (Phi) is 3.27. The maximum atomic E-state index is 10.2. The van der Waals surface area contributed by atoms with E-state index in [-0.39, 0.29) is 11.7 Å². The molecule has 0 aromatic heterocycles. The lowest BCUT2D eigenvalue weighted by atomic mass is 10.1. The first-order chi connectivity index (χ1) is 4.70. The zero-order valence-electron chi connectivity index (χ0n) is 6.63. The second kappa shape index (κ2) is 3.73. The van der Waals surface area contributed by atoms with Crippen LogP contribution >= 0.6 is 0 Å². The van der Waals surface area contributed by atoms with Gasteiger partial charge in [0.2, 0.25) is 0 Å². The summed E-state index contributed by atoms with van der Waals surface area (Å²) < 4.78 is 0. The third kappa shape index (κ3) is 2.39. The molecule has 0 fully saturated rings. The Labute approximate surface area is 65.3 Å². The summed E-state index contributed by atoms with van der Waals surface area (Å²) in [5, 5.41) is 10.2. The van der Waals surface area contributed by atoms with Crippen molar-refractivity contribution in [3.05, 3.63) is 35.4 Å². The number of carboxylic acids is 1. The Balaban J connectivity index is 0.000001000. The average molecular weight is 153 g/mol. The summed E-state index contributed by atoms with van der Waals surface area (Å²) in [6.07, 6.45) is 0. The van der Waals surface area contributed by atoms with Gasteiger partial charge in [0.15, 0.2) is 0 Å². The molecule has 3 heteroatoms. The van der Waals surface area contributed by atoms with Crippen LogP contribution in [0, 0.1) is 6.92 Å². The summed E-state index contributed by atoms with van der Waals surface area (Å²) in [4.78, 5) is 10.2. The van der Waals surface area contributed by atoms with Gasteiger partial charge in [0.25, 0.3) is 0 Å². The number of rotatable bonds is 1. The van der Waals surface area contributed by atoms with Crippen molar-refractivity contribution in [1.29, 1.82) is 0 Å². The fraction of sp³-hybridized carbons (Fsp3) is 0.125. The summed E-state index contributed by atoms with van der Waals surface area (Å²) in [6.45, 7) is 1.84. The van der Waals surface area contributed by atoms with Gasteiger partial charge in [0, 0.05) is 0 Å². The van der Waals surface area contributed by atoms with Gasteiger partial charge in [0.1, 0.15) is 0 Å². The lowest BCUT2D eigenvalue weighted by Gasteiger charge is -2.01. The van der Waals surface area contributed by atoms with Gasteiger partial charge in [-0.05, 0) is 12.5 Å². The largest absolute Gasteiger partial charge is 0.545 e. The van der Waals surface area contributed by atoms with E-state index in [1.54, 1.807) is 12.1 Å². The Bertz CT molecular complexity index is 258. The highest BCUT2D eigenvalue weighted by Crippen LogP contribution is 2.01. The molecular formula is C8H11NO2. The van der Waals surface area contributed by atoms with Crippen LogP contribution < -0.4 is 11.3 Å². The molecule has 11 heavy (non-hydrogen) atoms. The van der Waals surface area contributed by atoms with E-state index >= 15 is 0 Å². The van der Waals surface area contributed by atoms with Crippen LogP contribution in [0.5, 0.6) is 0 Å². The molecular weight excluding hydrogens is 142 g/mol. The van der Waals surface area contributed by atoms with E-state index in [1.807, 2.05) is 13.0 Å². The van der Waals surface area contributed by atoms with Crippen molar-refractivity contribution in [1.82, 2.24) is 6.15 Å². The molecule has 1 aromatic carbocycles. The molecule has 0 atom stereocenters. The first kappa shape index (κ1) is 9.65. The van der Waals surface area contributed by atoms with E-state index in [9.17, 15) is 9.90 Å². The Morgan fingerprint density at radius 2 is 2.09 bits per heavy atom. The summed E-state index contributed by atoms with van der Waals surface area (Å²) in [6, 6.07) is 6.63. The van der Waals surface area contributed by atoms with E-state index in [0.717, 1.165) is 5.56 Å². The molecule has 0 saturated carbocycles. The molecule has 0 aliphatic heterocycles. The number of carboxylic acid groups (broad SMARTS) is 1. The molecule has 60 valence electrons. The number of carbonyl (C=O) groups is 1. The highest BCUT2D eigenvalue weighted by molar-refractivity contribution is 5.85. The average Bonchev–Trinajstić information content (AvgIpc) is 1.88. The van der Waals surface area contributed by atoms with E-state index in [0.29, 0.717) is 0 Å². The standard InChI is InChI=1S/C8H8O2.H3N/c1-6-3-2-4-7(5-6)8(9)10;/h2-5H,1H3,(H,9,10);1H3. The first-order valence-corrected chi connectivity index (χ1v) is 2.98. The van der Waals surface area contributed by atoms with Crippen LogP contribution in [0.1, 0.15) is 15.9 Å². The number of hydrogen-bond acceptors (Lipinski definition) is 2. The monoisotopic (exact) mass is 153 g/mol. The first-order valence-electron chi connectivity index (χ1n) is 2.98. The Morgan fingerprint density at radius 1 is 1.45 bits per heavy atom. The minimum absolute atomic E-state index is 0. The lowest BCUT2D eigenvalue weighted by molar-refractivity contribution is -0.255. The van der Waals surface area contributed by atoms with Crippen molar-refractivity contribution in [2.75, 3.05) is 0 Å². The van der Waals surface area contributed by atoms with Crippen LogP contribution in [0.3, 0.4) is 0 Å². The maximum absolute atomic E-state index is 10.2. The number of aromatic carboxylic acids is 1. The minimum atomic E-state index is -1.12. The van der Waals surface area contributed by atoms with Crippen molar-refractivity contribution in [3.8, 4) is 0 Å². The topological polar surface area (TPSA) is 76.6 Å². The number of benzene rings is 1. The SMILES string of the molecule is Cc1cccc(C(=O)[O-])c1.[NH4+]. The Morgan fingerprint density at radius 3 is 2.45 bits per heavy atom. The van der Waals surface area contributed by atoms with Gasteiger partial charge >= 0.3 is 0 Å². The zero-order chi connectivity index (χ0) is 7.56. The number of quaternary nitrogens is 1. The molecule has 0 saturated heterocycles. The van der Waals surface area contributed by atoms with E-state index in [2.05, 4.69) is 0 Å². The van der Waals surface area contributed by atoms with Gasteiger partial charge in [-0.3, -0.25) is 0 Å². The maximum Gasteiger partial charge on any atom is 0.0715 e. The highest BCUT2D eigenvalue weighted by atomic mass is 16.4. The summed E-state index contributed by atoms with van der Waals surface area (Å²) in [5.41, 5.74) is 1.17. The van der Waals surface area contributed by atoms with Gasteiger partial charge in [-0.15, -0.1) is 0 Å². The molecule has 4 N–H and O–H groups in total. The van der Waals surface area contributed by atoms with Crippen molar-refractivity contribution >= 4 is 5.97 Å². The van der Waals surface area contributed by atoms with Crippen LogP contribution in [-0.2, 0) is 0 Å². The normalized spacial score (nSPS) is 8.45. The molecule has 0 radical (unpaired) electrons. The molecule has 1 aromatic rings. The van der Waals surface area contributed by atoms with Crippen molar-refractivity contribution in [2.45, 2.75) is 6.92 Å². The predicted octanol–water partition coefficient (Wildman–Crippen LogP) is 0.735. The third-order valence-corrected chi connectivity index (χ3v) is 1.25. The van der Waals surface area contributed by atoms with Crippen molar-refractivity contribution < 1.29 is 9.90 Å². The molecule has 0 unspecified atom stereocenters. The lowest BCUT2D eigenvalue weighted by Crippen LogP contribution is -2.22. The number of aryl methyl sites for hydroxylation is 1. The van der Waals surface area contributed by atoms with Gasteiger partial charge in [0.05, 0.1) is 5.97 Å². The van der Waals surface area contributed by atoms with Crippen LogP contribution in [0.4, 0.5) is 0 Å². The molecule has 0 amide bonds. The van der Waals surface area contributed by atoms with Crippen LogP contribution in [0.25, 0.3) is 0 Å². The van der Waals surface area contributed by atoms with Crippen LogP contribution in [-0.4, -0.2) is 5.97 Å². The van der Waals surface area contributed by atoms with Gasteiger partial charge in [-0.2, -0.15) is 0 Å². The molecule has 0 spiro atoms. The van der Waals surface area contributed by atoms with Crippen molar-refractivity contribution in [2.24, 2.45) is 0 Å². The summed E-state index contributed by atoms with van der Waals surface area (Å²) in [7, 11) is 0. The fourth-order valence-electron chi connectivity index (χ4n) is 0.772. The number of carbonyl (C=O) groups excluding carboxylic acids is 1. The Hall–Kier alpha value is -1.35. The molecule has 1 rings (SSSR count). The molecule has 0 heterocycles. The molecule has 0 aliphatic rings. The summed E-state index contributed by atoms with van der Waals surface area (Å²) >= 11 is 0. The van der Waals surface area contributed by atoms with Crippen LogP contribution in [0.2, 0.25) is 0 Å². The highest BCUT2D eigenvalue weighted by Gasteiger charge is 1.90. The second-order valence-corrected chi connectivity index (χ2v) is 2.16. The van der Waals surface area contributed by atoms with Gasteiger partial charge in [-0.25, -0.2) is 0 Å². The van der Waals surface area contributed by atoms with Gasteiger partial charge in [-0.1, -0.05) is 29.8 Å². The van der Waals surface area contributed by atoms with Crippen LogP contribution in [0.15, 0.2) is 24.3 Å². The second-order valence-electron chi connectivity index (χ2n) is 2.16. The zero-order valence-corrected chi connectivity index (χ0v) is 6.63. The third-order valence-electron chi connectivity index (χ3n) is 1.25. The smallest absolute Gasteiger partial charge is 0.0715 e. The quantitative estimate of drug-likeness (QED) is 0.645. The van der Waals surface area contributed by atoms with Crippen molar-refractivity contribution in [3.63, 3.8) is 0 Å². The van der Waals surface area contributed by atoms with E-state index < -0.39 is 5.97 Å². The summed E-state index contributed by atoms with van der Waals surface area (Å²) in [5.74, 6) is -1.12. The minimum Gasteiger partial charge on any atom is -0.545 e. The van der Waals surface area contributed by atoms with Gasteiger partial charge < -0.3 is 16.1 Å². The van der Waals surface area contributed by atoms with E-state index in [1.165, 1.54) is 6.07 Å². The predicted molar refractivity (Wildman–Crippen MR) is 41.5 cm³/mol. The molecule has 3 nitrogen and oxygen atoms in total. The molecule has 0 bridgehead atoms. The molecule has 0 aliphatic carbocycles. The van der Waals surface area contributed by atoms with E-state index in [4.69, 9.17) is 0 Å².